The minimum atomic E-state index is -2.47. The molecular weight excluding hydrogens is 578 g/mol. The molecule has 2 unspecified atom stereocenters. The Hall–Kier alpha value is -2.95. The summed E-state index contributed by atoms with van der Waals surface area (Å²) in [6, 6.07) is 3.45. The predicted octanol–water partition coefficient (Wildman–Crippen LogP) is 7.69. The number of anilines is 1. The zero-order valence-corrected chi connectivity index (χ0v) is 29.7. The summed E-state index contributed by atoms with van der Waals surface area (Å²) in [5, 5.41) is -0.172. The highest BCUT2D eigenvalue weighted by Gasteiger charge is 2.44. The SMILES string of the molecule is CC1OC(=O)c2c(cc(N(C)C(=O)OC(C)(C)C)cc2O[Si](C)(C)C(C)(C)C)/C=C/CC2OC(C)(C)O[C@H]2C(=O)/C=C\[C@H]1C. The Kier molecular flexibility index (Phi) is 10.3. The quantitative estimate of drug-likeness (QED) is 0.248. The summed E-state index contributed by atoms with van der Waals surface area (Å²) < 4.78 is 30.5. The first-order chi connectivity index (χ1) is 20.0. The molecule has 1 aromatic carbocycles. The van der Waals surface area contributed by atoms with Crippen LogP contribution in [0.25, 0.3) is 6.08 Å². The summed E-state index contributed by atoms with van der Waals surface area (Å²) in [4.78, 5) is 41.6. The summed E-state index contributed by atoms with van der Waals surface area (Å²) in [5.74, 6) is -1.61. The molecule has 2 heterocycles. The Bertz CT molecular complexity index is 1320. The molecule has 0 aliphatic carbocycles. The molecule has 44 heavy (non-hydrogen) atoms. The van der Waals surface area contributed by atoms with Crippen LogP contribution in [-0.2, 0) is 23.7 Å². The average molecular weight is 630 g/mol. The number of rotatable bonds is 3. The lowest BCUT2D eigenvalue weighted by Gasteiger charge is -2.37. The van der Waals surface area contributed by atoms with Crippen LogP contribution in [0.2, 0.25) is 18.1 Å². The number of carbonyl (C=O) groups is 3. The van der Waals surface area contributed by atoms with Crippen LogP contribution < -0.4 is 9.33 Å². The summed E-state index contributed by atoms with van der Waals surface area (Å²) in [5.41, 5.74) is 0.564. The van der Waals surface area contributed by atoms with E-state index in [-0.39, 0.29) is 22.3 Å². The van der Waals surface area contributed by atoms with Crippen LogP contribution in [0.5, 0.6) is 5.75 Å². The van der Waals surface area contributed by atoms with Crippen molar-refractivity contribution in [2.45, 2.75) is 123 Å². The Morgan fingerprint density at radius 2 is 1.66 bits per heavy atom. The van der Waals surface area contributed by atoms with Gasteiger partial charge in [-0.25, -0.2) is 9.59 Å². The van der Waals surface area contributed by atoms with Crippen LogP contribution in [-0.4, -0.2) is 62.9 Å². The standard InChI is InChI=1S/C34H51NO8Si/c1-21-17-18-25(36)29-26(40-34(9,10)41-29)16-14-15-23-19-24(35(11)31(38)42-32(3,4)5)20-27(28(23)30(37)39-22(21)2)43-44(12,13)33(6,7)8/h14-15,17-22,26,29H,16H2,1-13H3/b15-14+,18-17-/t21-,22?,26?,29+/m1/s1. The van der Waals surface area contributed by atoms with Crippen molar-refractivity contribution < 1.29 is 37.8 Å². The van der Waals surface area contributed by atoms with Gasteiger partial charge in [0.05, 0.1) is 11.8 Å². The van der Waals surface area contributed by atoms with Gasteiger partial charge in [-0.15, -0.1) is 0 Å². The number of carbonyl (C=O) groups excluding carboxylic acids is 3. The molecule has 1 fully saturated rings. The first-order valence-corrected chi connectivity index (χ1v) is 18.2. The van der Waals surface area contributed by atoms with Crippen molar-refractivity contribution in [3.8, 4) is 5.75 Å². The highest BCUT2D eigenvalue weighted by atomic mass is 28.4. The second kappa shape index (κ2) is 12.8. The maximum atomic E-state index is 14.0. The lowest BCUT2D eigenvalue weighted by Crippen LogP contribution is -2.44. The topological polar surface area (TPSA) is 101 Å². The summed E-state index contributed by atoms with van der Waals surface area (Å²) in [7, 11) is -0.845. The highest BCUT2D eigenvalue weighted by molar-refractivity contribution is 6.74. The first-order valence-electron chi connectivity index (χ1n) is 15.3. The Morgan fingerprint density at radius 1 is 1.02 bits per heavy atom. The van der Waals surface area contributed by atoms with E-state index in [1.807, 2.05) is 13.0 Å². The summed E-state index contributed by atoms with van der Waals surface area (Å²) in [6.45, 7) is 23.2. The van der Waals surface area contributed by atoms with E-state index in [2.05, 4.69) is 33.9 Å². The third-order valence-electron chi connectivity index (χ3n) is 8.27. The molecule has 1 aromatic rings. The fraction of sp³-hybridized carbons (Fsp3) is 0.618. The van der Waals surface area contributed by atoms with E-state index in [9.17, 15) is 14.4 Å². The molecule has 1 amide bonds. The molecule has 0 bridgehead atoms. The van der Waals surface area contributed by atoms with Gasteiger partial charge in [-0.1, -0.05) is 45.9 Å². The molecule has 0 aromatic heterocycles. The van der Waals surface area contributed by atoms with Gasteiger partial charge >= 0.3 is 12.1 Å². The van der Waals surface area contributed by atoms with Gasteiger partial charge in [0.25, 0.3) is 8.32 Å². The molecule has 0 saturated carbocycles. The highest BCUT2D eigenvalue weighted by Crippen LogP contribution is 2.41. The minimum absolute atomic E-state index is 0.172. The second-order valence-electron chi connectivity index (χ2n) is 14.8. The van der Waals surface area contributed by atoms with Crippen molar-refractivity contribution in [3.63, 3.8) is 0 Å². The molecule has 1 saturated heterocycles. The van der Waals surface area contributed by atoms with E-state index < -0.39 is 50.1 Å². The van der Waals surface area contributed by atoms with E-state index >= 15 is 0 Å². The van der Waals surface area contributed by atoms with Gasteiger partial charge in [-0.3, -0.25) is 9.69 Å². The number of ketones is 1. The van der Waals surface area contributed by atoms with E-state index in [0.717, 1.165) is 0 Å². The minimum Gasteiger partial charge on any atom is -0.543 e. The molecule has 9 nitrogen and oxygen atoms in total. The number of fused-ring (bicyclic) bond motifs is 2. The van der Waals surface area contributed by atoms with Crippen molar-refractivity contribution in [2.24, 2.45) is 5.92 Å². The van der Waals surface area contributed by atoms with Gasteiger partial charge in [0.1, 0.15) is 29.1 Å². The maximum Gasteiger partial charge on any atom is 0.414 e. The summed E-state index contributed by atoms with van der Waals surface area (Å²) >= 11 is 0. The van der Waals surface area contributed by atoms with Gasteiger partial charge in [-0.05, 0) is 83.8 Å². The van der Waals surface area contributed by atoms with Crippen molar-refractivity contribution in [1.82, 2.24) is 0 Å². The summed E-state index contributed by atoms with van der Waals surface area (Å²) in [6.07, 6.45) is 4.80. The van der Waals surface area contributed by atoms with Crippen molar-refractivity contribution in [1.29, 1.82) is 0 Å². The van der Waals surface area contributed by atoms with E-state index in [1.54, 1.807) is 72.9 Å². The average Bonchev–Trinajstić information content (AvgIpc) is 3.17. The fourth-order valence-electron chi connectivity index (χ4n) is 4.52. The zero-order chi connectivity index (χ0) is 33.4. The number of esters is 1. The van der Waals surface area contributed by atoms with Crippen LogP contribution in [0.3, 0.4) is 0 Å². The number of hydrogen-bond acceptors (Lipinski definition) is 8. The van der Waals surface area contributed by atoms with Crippen LogP contribution in [0, 0.1) is 5.92 Å². The van der Waals surface area contributed by atoms with Crippen LogP contribution in [0.15, 0.2) is 30.4 Å². The third-order valence-corrected chi connectivity index (χ3v) is 12.6. The van der Waals surface area contributed by atoms with Gasteiger partial charge in [0.2, 0.25) is 0 Å². The number of nitrogens with zero attached hydrogens (tertiary/aromatic N) is 1. The Labute approximate surface area is 264 Å². The number of amides is 1. The molecule has 0 spiro atoms. The van der Waals surface area contributed by atoms with E-state index in [4.69, 9.17) is 23.4 Å². The van der Waals surface area contributed by atoms with Gasteiger partial charge in [0, 0.05) is 19.0 Å². The van der Waals surface area contributed by atoms with Crippen LogP contribution in [0.4, 0.5) is 10.5 Å². The molecule has 3 rings (SSSR count). The molecule has 0 N–H and O–H groups in total. The molecule has 10 heteroatoms. The molecular formula is C34H51NO8Si. The number of ether oxygens (including phenoxy) is 4. The Balaban J connectivity index is 2.23. The van der Waals surface area contributed by atoms with E-state index in [1.165, 1.54) is 11.0 Å². The van der Waals surface area contributed by atoms with Gasteiger partial charge in [-0.2, -0.15) is 0 Å². The van der Waals surface area contributed by atoms with Crippen molar-refractivity contribution in [3.05, 3.63) is 41.5 Å². The number of hydrogen-bond donors (Lipinski definition) is 0. The zero-order valence-electron chi connectivity index (χ0n) is 28.7. The van der Waals surface area contributed by atoms with Crippen LogP contribution in [0.1, 0.15) is 91.6 Å². The monoisotopic (exact) mass is 629 g/mol. The van der Waals surface area contributed by atoms with Gasteiger partial charge in [0.15, 0.2) is 11.6 Å². The van der Waals surface area contributed by atoms with Crippen molar-refractivity contribution in [2.75, 3.05) is 11.9 Å². The first kappa shape index (κ1) is 35.5. The smallest absolute Gasteiger partial charge is 0.414 e. The second-order valence-corrected chi connectivity index (χ2v) is 19.5. The molecule has 0 radical (unpaired) electrons. The van der Waals surface area contributed by atoms with Crippen LogP contribution >= 0.6 is 0 Å². The third kappa shape index (κ3) is 8.61. The van der Waals surface area contributed by atoms with Crippen molar-refractivity contribution >= 4 is 37.9 Å². The number of benzene rings is 1. The normalized spacial score (nSPS) is 26.0. The van der Waals surface area contributed by atoms with E-state index in [0.29, 0.717) is 23.4 Å². The largest absolute Gasteiger partial charge is 0.543 e. The predicted molar refractivity (Wildman–Crippen MR) is 175 cm³/mol. The van der Waals surface area contributed by atoms with Gasteiger partial charge < -0.3 is 23.4 Å². The lowest BCUT2D eigenvalue weighted by atomic mass is 9.99. The Morgan fingerprint density at radius 3 is 2.25 bits per heavy atom. The molecule has 2 aliphatic rings. The maximum absolute atomic E-state index is 14.0. The lowest BCUT2D eigenvalue weighted by molar-refractivity contribution is -0.152. The molecule has 4 atom stereocenters. The molecule has 244 valence electrons. The number of cyclic esters (lactones) is 1. The fourth-order valence-corrected chi connectivity index (χ4v) is 5.54. The molecule has 2 aliphatic heterocycles.